The lowest BCUT2D eigenvalue weighted by Gasteiger charge is -2.42. The predicted molar refractivity (Wildman–Crippen MR) is 183 cm³/mol. The zero-order valence-corrected chi connectivity index (χ0v) is 27.8. The zero-order chi connectivity index (χ0) is 32.9. The van der Waals surface area contributed by atoms with Crippen molar-refractivity contribution in [3.63, 3.8) is 0 Å². The highest BCUT2D eigenvalue weighted by molar-refractivity contribution is 6.36. The first-order valence-corrected chi connectivity index (χ1v) is 17.0. The molecule has 3 atom stereocenters. The number of nitrogens with zero attached hydrogens (tertiary/aromatic N) is 7. The Balaban J connectivity index is 1.30. The van der Waals surface area contributed by atoms with Gasteiger partial charge in [-0.15, -0.1) is 12.3 Å². The number of hydrogen-bond donors (Lipinski definition) is 0. The summed E-state index contributed by atoms with van der Waals surface area (Å²) in [6.07, 6.45) is 10.0. The van der Waals surface area contributed by atoms with Gasteiger partial charge in [0.1, 0.15) is 12.4 Å². The molecule has 0 saturated carbocycles. The van der Waals surface area contributed by atoms with Gasteiger partial charge in [0, 0.05) is 55.3 Å². The molecule has 1 aromatic heterocycles. The Hall–Kier alpha value is -3.83. The normalized spacial score (nSPS) is 20.5. The number of unbranched alkanes of at least 4 members (excludes halogenated alkanes) is 1. The largest absolute Gasteiger partial charge is 0.462 e. The van der Waals surface area contributed by atoms with Gasteiger partial charge < -0.3 is 19.4 Å². The molecule has 6 rings (SSSR count). The van der Waals surface area contributed by atoms with Crippen molar-refractivity contribution < 1.29 is 13.9 Å². The highest BCUT2D eigenvalue weighted by atomic mass is 35.5. The number of carbonyl (C=O) groups excluding carboxylic acids is 1. The Morgan fingerprint density at radius 3 is 2.74 bits per heavy atom. The Labute approximate surface area is 285 Å². The fraction of sp³-hybridized carbons (Fsp3) is 0.486. The monoisotopic (exact) mass is 677 g/mol. The lowest BCUT2D eigenvalue weighted by Crippen LogP contribution is -2.57. The van der Waals surface area contributed by atoms with Crippen molar-refractivity contribution >= 4 is 51.4 Å². The van der Waals surface area contributed by atoms with Crippen molar-refractivity contribution in [3.8, 4) is 24.4 Å². The summed E-state index contributed by atoms with van der Waals surface area (Å²) in [4.78, 5) is 30.6. The van der Waals surface area contributed by atoms with Crippen molar-refractivity contribution in [2.45, 2.75) is 62.8 Å². The molecule has 3 aliphatic heterocycles. The average Bonchev–Trinajstić information content (AvgIpc) is 3.53. The van der Waals surface area contributed by atoms with Gasteiger partial charge in [0.05, 0.1) is 35.8 Å². The summed E-state index contributed by atoms with van der Waals surface area (Å²) in [6, 6.07) is 14.3. The Kier molecular flexibility index (Phi) is 10.5. The lowest BCUT2D eigenvalue weighted by molar-refractivity contribution is -0.136. The number of nitriles is 1. The van der Waals surface area contributed by atoms with E-state index >= 15 is 0 Å². The van der Waals surface area contributed by atoms with E-state index in [0.717, 1.165) is 78.9 Å². The number of halogens is 3. The summed E-state index contributed by atoms with van der Waals surface area (Å²) >= 11 is 12.2. The topological polar surface area (TPSA) is 88.8 Å². The fourth-order valence-electron chi connectivity index (χ4n) is 7.14. The number of carbonyl (C=O) groups is 1. The van der Waals surface area contributed by atoms with Crippen LogP contribution in [-0.4, -0.2) is 89.3 Å². The molecule has 0 radical (unpaired) electrons. The maximum atomic E-state index is 13.8. The van der Waals surface area contributed by atoms with E-state index in [0.29, 0.717) is 43.7 Å². The van der Waals surface area contributed by atoms with Crippen LogP contribution in [0.1, 0.15) is 43.4 Å². The predicted octanol–water partition coefficient (Wildman–Crippen LogP) is 5.57. The highest BCUT2D eigenvalue weighted by Gasteiger charge is 2.36. The number of likely N-dealkylation sites (tertiary alicyclic amines) is 1. The van der Waals surface area contributed by atoms with Crippen LogP contribution in [0.25, 0.3) is 10.8 Å². The summed E-state index contributed by atoms with van der Waals surface area (Å²) in [5, 5.41) is 12.3. The number of benzene rings is 2. The van der Waals surface area contributed by atoms with Crippen molar-refractivity contribution in [1.82, 2.24) is 19.8 Å². The minimum absolute atomic E-state index is 0.0509. The van der Waals surface area contributed by atoms with E-state index in [9.17, 15) is 14.4 Å². The van der Waals surface area contributed by atoms with Gasteiger partial charge >= 0.3 is 6.01 Å². The number of alkyl halides is 2. The second-order valence-electron chi connectivity index (χ2n) is 12.3. The molecule has 2 fully saturated rings. The van der Waals surface area contributed by atoms with E-state index in [-0.39, 0.29) is 19.0 Å². The zero-order valence-electron chi connectivity index (χ0n) is 26.3. The van der Waals surface area contributed by atoms with Crippen LogP contribution in [0.5, 0.6) is 6.01 Å². The molecule has 0 N–H and O–H groups in total. The van der Waals surface area contributed by atoms with E-state index in [1.54, 1.807) is 0 Å². The second-order valence-corrected chi connectivity index (χ2v) is 13.1. The second kappa shape index (κ2) is 14.9. The van der Waals surface area contributed by atoms with E-state index < -0.39 is 17.6 Å². The summed E-state index contributed by atoms with van der Waals surface area (Å²) in [5.74, 6) is 2.65. The molecule has 9 nitrogen and oxygen atoms in total. The summed E-state index contributed by atoms with van der Waals surface area (Å²) in [5.41, 5.74) is 0.758. The van der Waals surface area contributed by atoms with Gasteiger partial charge in [0.25, 0.3) is 11.5 Å². The number of terminal acetylenes is 1. The average molecular weight is 679 g/mol. The first kappa shape index (κ1) is 33.1. The number of amides is 1. The number of piperazine rings is 1. The summed E-state index contributed by atoms with van der Waals surface area (Å²) < 4.78 is 20.2. The Morgan fingerprint density at radius 1 is 1.13 bits per heavy atom. The van der Waals surface area contributed by atoms with E-state index in [1.165, 1.54) is 4.90 Å². The van der Waals surface area contributed by atoms with Gasteiger partial charge in [0.15, 0.2) is 0 Å². The Bertz CT molecular complexity index is 1690. The van der Waals surface area contributed by atoms with Crippen LogP contribution >= 0.6 is 23.2 Å². The van der Waals surface area contributed by atoms with Crippen LogP contribution in [0.3, 0.4) is 0 Å². The van der Waals surface area contributed by atoms with Crippen molar-refractivity contribution in [1.29, 1.82) is 5.26 Å². The fourth-order valence-corrected chi connectivity index (χ4v) is 7.54. The third-order valence-electron chi connectivity index (χ3n) is 9.44. The van der Waals surface area contributed by atoms with Crippen LogP contribution in [0.15, 0.2) is 36.4 Å². The van der Waals surface area contributed by atoms with E-state index in [4.69, 9.17) is 44.3 Å². The number of fused-ring (bicyclic) bond motifs is 2. The van der Waals surface area contributed by atoms with Crippen LogP contribution in [-0.2, 0) is 17.8 Å². The Morgan fingerprint density at radius 2 is 1.96 bits per heavy atom. The third-order valence-corrected chi connectivity index (χ3v) is 9.95. The minimum atomic E-state index is -2.15. The first-order chi connectivity index (χ1) is 22.9. The smallest absolute Gasteiger partial charge is 0.318 e. The molecule has 3 aliphatic rings. The third kappa shape index (κ3) is 7.21. The molecule has 47 heavy (non-hydrogen) atoms. The lowest BCUT2D eigenvalue weighted by atomic mass is 10.0. The molecule has 3 aromatic rings. The maximum Gasteiger partial charge on any atom is 0.318 e. The molecule has 0 unspecified atom stereocenters. The van der Waals surface area contributed by atoms with Crippen LogP contribution in [0, 0.1) is 23.7 Å². The maximum absolute atomic E-state index is 13.8. The van der Waals surface area contributed by atoms with Crippen LogP contribution in [0.2, 0.25) is 5.02 Å². The van der Waals surface area contributed by atoms with Gasteiger partial charge in [-0.25, -0.2) is 4.39 Å². The van der Waals surface area contributed by atoms with Gasteiger partial charge in [-0.3, -0.25) is 9.69 Å². The number of hydrogen-bond acceptors (Lipinski definition) is 8. The molecule has 2 saturated heterocycles. The SMILES string of the molecule is C#CCCCN1CCC[C@H]1COc1nc2c(c(N3CCN(C(=O)[C@@H](F)Cl)[C@@H](CC#N)C3)n1)CCN(c1cccc3cccc(Cl)c13)C2. The van der Waals surface area contributed by atoms with Crippen molar-refractivity contribution in [3.05, 3.63) is 52.7 Å². The number of aromatic nitrogens is 2. The quantitative estimate of drug-likeness (QED) is 0.156. The number of ether oxygens (including phenoxy) is 1. The molecular weight excluding hydrogens is 640 g/mol. The van der Waals surface area contributed by atoms with Crippen LogP contribution < -0.4 is 14.5 Å². The molecule has 1 amide bonds. The molecule has 4 heterocycles. The van der Waals surface area contributed by atoms with Gasteiger partial charge in [0.2, 0.25) is 0 Å². The molecular formula is C35H38Cl2FN7O2. The highest BCUT2D eigenvalue weighted by Crippen LogP contribution is 2.37. The van der Waals surface area contributed by atoms with E-state index in [2.05, 4.69) is 44.9 Å². The molecule has 0 bridgehead atoms. The van der Waals surface area contributed by atoms with Gasteiger partial charge in [-0.1, -0.05) is 47.5 Å². The van der Waals surface area contributed by atoms with Gasteiger partial charge in [-0.2, -0.15) is 15.2 Å². The minimum Gasteiger partial charge on any atom is -0.462 e. The molecule has 2 aromatic carbocycles. The van der Waals surface area contributed by atoms with Gasteiger partial charge in [-0.05, 0) is 56.3 Å². The summed E-state index contributed by atoms with van der Waals surface area (Å²) in [7, 11) is 0. The molecule has 12 heteroatoms. The molecule has 0 aliphatic carbocycles. The van der Waals surface area contributed by atoms with Crippen LogP contribution in [0.4, 0.5) is 15.9 Å². The first-order valence-electron chi connectivity index (χ1n) is 16.2. The number of rotatable bonds is 10. The molecule has 0 spiro atoms. The van der Waals surface area contributed by atoms with Crippen molar-refractivity contribution in [2.75, 3.05) is 55.7 Å². The molecule has 246 valence electrons. The van der Waals surface area contributed by atoms with E-state index in [1.807, 2.05) is 18.2 Å². The van der Waals surface area contributed by atoms with Crippen molar-refractivity contribution in [2.24, 2.45) is 0 Å². The number of anilines is 2. The standard InChI is InChI=1S/C35H38Cl2FN7O2/c1-2-3-4-16-42-17-7-10-26(42)23-47-35-40-29-22-43(30-12-6-9-24-8-5-11-28(36)31(24)30)18-14-27(29)33(41-35)44-19-20-45(34(46)32(37)38)25(21-44)13-15-39/h1,5-6,8-9,11-12,25-26,32H,3-4,7,10,13-14,16-23H2/t25-,26-,32+/m0/s1. The summed E-state index contributed by atoms with van der Waals surface area (Å²) in [6.45, 7) is 4.62.